The molecule has 4 aliphatic rings. The third-order valence-electron chi connectivity index (χ3n) is 6.89. The molecule has 0 radical (unpaired) electrons. The van der Waals surface area contributed by atoms with E-state index in [4.69, 9.17) is 4.74 Å². The van der Waals surface area contributed by atoms with Gasteiger partial charge in [0.05, 0.1) is 18.2 Å². The van der Waals surface area contributed by atoms with E-state index < -0.39 is 0 Å². The first-order valence-electron chi connectivity index (χ1n) is 9.90. The average molecular weight is 368 g/mol. The maximum atomic E-state index is 13.3. The fourth-order valence-corrected chi connectivity index (χ4v) is 5.24. The minimum Gasteiger partial charge on any atom is -0.496 e. The van der Waals surface area contributed by atoms with E-state index in [1.807, 2.05) is 12.1 Å². The predicted molar refractivity (Wildman–Crippen MR) is 103 cm³/mol. The van der Waals surface area contributed by atoms with Crippen LogP contribution >= 0.6 is 0 Å². The van der Waals surface area contributed by atoms with Crippen molar-refractivity contribution in [2.75, 3.05) is 33.3 Å². The maximum absolute atomic E-state index is 13.3. The highest BCUT2D eigenvalue weighted by Crippen LogP contribution is 2.61. The summed E-state index contributed by atoms with van der Waals surface area (Å²) in [4.78, 5) is 15.4. The number of amides is 1. The number of para-hydroxylation sites is 1. The molecule has 5 rings (SSSR count). The fraction of sp³-hybridized carbons (Fsp3) is 0.571. The third kappa shape index (κ3) is 2.39. The number of carbonyl (C=O) groups is 1. The van der Waals surface area contributed by atoms with Crippen molar-refractivity contribution >= 4 is 5.91 Å². The van der Waals surface area contributed by atoms with E-state index in [1.54, 1.807) is 7.11 Å². The van der Waals surface area contributed by atoms with Crippen LogP contribution in [0.5, 0.6) is 5.75 Å². The van der Waals surface area contributed by atoms with Crippen LogP contribution in [0.25, 0.3) is 0 Å². The average Bonchev–Trinajstić information content (AvgIpc) is 3.03. The van der Waals surface area contributed by atoms with Crippen molar-refractivity contribution in [1.29, 1.82) is 0 Å². The van der Waals surface area contributed by atoms with E-state index in [9.17, 15) is 4.79 Å². The number of benzene rings is 1. The molecule has 144 valence electrons. The van der Waals surface area contributed by atoms with Gasteiger partial charge in [-0.15, -0.1) is 0 Å². The molecular formula is C21H28N4O2. The molecule has 0 aromatic heterocycles. The van der Waals surface area contributed by atoms with Crippen LogP contribution < -0.4 is 15.5 Å². The molecule has 3 heterocycles. The van der Waals surface area contributed by atoms with Gasteiger partial charge in [-0.25, -0.2) is 5.43 Å². The second kappa shape index (κ2) is 5.64. The van der Waals surface area contributed by atoms with Crippen LogP contribution in [0.1, 0.15) is 32.3 Å². The summed E-state index contributed by atoms with van der Waals surface area (Å²) in [6.07, 6.45) is 2.20. The Balaban J connectivity index is 1.40. The van der Waals surface area contributed by atoms with Crippen molar-refractivity contribution in [3.8, 4) is 5.75 Å². The number of methoxy groups -OCH3 is 1. The quantitative estimate of drug-likeness (QED) is 0.849. The Bertz CT molecular complexity index is 833. The van der Waals surface area contributed by atoms with Crippen LogP contribution in [-0.4, -0.2) is 54.6 Å². The van der Waals surface area contributed by atoms with Crippen molar-refractivity contribution in [3.05, 3.63) is 41.2 Å². The van der Waals surface area contributed by atoms with Crippen molar-refractivity contribution in [2.45, 2.75) is 37.6 Å². The molecule has 27 heavy (non-hydrogen) atoms. The van der Waals surface area contributed by atoms with Crippen molar-refractivity contribution in [2.24, 2.45) is 5.92 Å². The molecular weight excluding hydrogens is 340 g/mol. The lowest BCUT2D eigenvalue weighted by Crippen LogP contribution is -2.55. The Kier molecular flexibility index (Phi) is 3.54. The summed E-state index contributed by atoms with van der Waals surface area (Å²) in [7, 11) is 1.73. The minimum absolute atomic E-state index is 0.0222. The normalized spacial score (nSPS) is 30.7. The summed E-state index contributed by atoms with van der Waals surface area (Å²) in [5, 5.41) is 5.60. The summed E-state index contributed by atoms with van der Waals surface area (Å²) in [6, 6.07) is 8.28. The Morgan fingerprint density at radius 1 is 1.30 bits per heavy atom. The highest BCUT2D eigenvalue weighted by molar-refractivity contribution is 5.95. The Morgan fingerprint density at radius 2 is 2.11 bits per heavy atom. The zero-order valence-electron chi connectivity index (χ0n) is 16.3. The van der Waals surface area contributed by atoms with E-state index in [0.29, 0.717) is 12.5 Å². The topological polar surface area (TPSA) is 56.8 Å². The van der Waals surface area contributed by atoms with E-state index in [2.05, 4.69) is 46.6 Å². The Morgan fingerprint density at radius 3 is 2.93 bits per heavy atom. The molecule has 2 unspecified atom stereocenters. The van der Waals surface area contributed by atoms with Crippen LogP contribution in [0.15, 0.2) is 35.7 Å². The van der Waals surface area contributed by atoms with Gasteiger partial charge >= 0.3 is 0 Å². The first kappa shape index (κ1) is 16.9. The number of likely N-dealkylation sites (tertiary alicyclic amines) is 1. The largest absolute Gasteiger partial charge is 0.496 e. The van der Waals surface area contributed by atoms with E-state index in [0.717, 1.165) is 49.6 Å². The number of nitrogens with one attached hydrogen (secondary N) is 2. The number of ether oxygens (including phenoxy) is 1. The number of piperidine rings is 1. The number of rotatable bonds is 3. The Hall–Kier alpha value is -2.21. The number of hydrogen-bond donors (Lipinski definition) is 2. The highest BCUT2D eigenvalue weighted by Gasteiger charge is 2.63. The van der Waals surface area contributed by atoms with Crippen molar-refractivity contribution in [1.82, 2.24) is 20.7 Å². The molecule has 6 heteroatoms. The van der Waals surface area contributed by atoms with Gasteiger partial charge in [0, 0.05) is 37.2 Å². The lowest BCUT2D eigenvalue weighted by molar-refractivity contribution is -0.126. The Labute approximate surface area is 160 Å². The summed E-state index contributed by atoms with van der Waals surface area (Å²) in [5.74, 6) is 2.64. The van der Waals surface area contributed by atoms with E-state index in [1.165, 1.54) is 5.56 Å². The highest BCUT2D eigenvalue weighted by atomic mass is 16.5. The first-order chi connectivity index (χ1) is 13.0. The molecule has 2 saturated heterocycles. The van der Waals surface area contributed by atoms with Gasteiger partial charge in [-0.05, 0) is 38.7 Å². The van der Waals surface area contributed by atoms with Crippen LogP contribution in [0, 0.1) is 5.92 Å². The molecule has 6 nitrogen and oxygen atoms in total. The monoisotopic (exact) mass is 368 g/mol. The van der Waals surface area contributed by atoms with Gasteiger partial charge in [-0.2, -0.15) is 0 Å². The molecule has 3 aliphatic heterocycles. The van der Waals surface area contributed by atoms with E-state index in [-0.39, 0.29) is 16.9 Å². The SMILES string of the molecule is COc1ccccc1C12CC1CN(C(=O)C1=C3NCCC(C)(C)N3NC1)C2. The van der Waals surface area contributed by atoms with Crippen molar-refractivity contribution in [3.63, 3.8) is 0 Å². The second-order valence-corrected chi connectivity index (χ2v) is 8.93. The number of hydrogen-bond acceptors (Lipinski definition) is 5. The number of nitrogens with zero attached hydrogens (tertiary/aromatic N) is 2. The van der Waals surface area contributed by atoms with Crippen LogP contribution in [0.4, 0.5) is 0 Å². The third-order valence-corrected chi connectivity index (χ3v) is 6.89. The summed E-state index contributed by atoms with van der Waals surface area (Å²) in [5.41, 5.74) is 5.65. The molecule has 0 spiro atoms. The smallest absolute Gasteiger partial charge is 0.254 e. The standard InChI is InChI=1S/C21H28N4O2/c1-20(2)8-9-22-18-15(11-23-25(18)20)19(26)24-12-14-10-21(14,13-24)16-6-4-5-7-17(16)27-3/h4-7,14,22-23H,8-13H2,1-3H3. The van der Waals surface area contributed by atoms with Crippen LogP contribution in [0.2, 0.25) is 0 Å². The number of hydrazine groups is 1. The second-order valence-electron chi connectivity index (χ2n) is 8.93. The van der Waals surface area contributed by atoms with Gasteiger partial charge in [-0.3, -0.25) is 9.80 Å². The number of fused-ring (bicyclic) bond motifs is 2. The zero-order valence-corrected chi connectivity index (χ0v) is 16.3. The molecule has 3 fully saturated rings. The molecule has 1 aliphatic carbocycles. The van der Waals surface area contributed by atoms with Crippen LogP contribution in [0.3, 0.4) is 0 Å². The van der Waals surface area contributed by atoms with Gasteiger partial charge in [0.1, 0.15) is 11.6 Å². The van der Waals surface area contributed by atoms with Crippen molar-refractivity contribution < 1.29 is 9.53 Å². The molecule has 1 amide bonds. The fourth-order valence-electron chi connectivity index (χ4n) is 5.24. The van der Waals surface area contributed by atoms with Gasteiger partial charge in [0.15, 0.2) is 0 Å². The van der Waals surface area contributed by atoms with Gasteiger partial charge in [0.25, 0.3) is 5.91 Å². The zero-order chi connectivity index (χ0) is 18.8. The summed E-state index contributed by atoms with van der Waals surface area (Å²) >= 11 is 0. The lowest BCUT2D eigenvalue weighted by Gasteiger charge is -2.43. The van der Waals surface area contributed by atoms with Crippen LogP contribution in [-0.2, 0) is 10.2 Å². The lowest BCUT2D eigenvalue weighted by atomic mass is 9.94. The summed E-state index contributed by atoms with van der Waals surface area (Å²) in [6.45, 7) is 7.58. The minimum atomic E-state index is 0.0222. The molecule has 1 aromatic rings. The maximum Gasteiger partial charge on any atom is 0.254 e. The molecule has 1 aromatic carbocycles. The van der Waals surface area contributed by atoms with Gasteiger partial charge < -0.3 is 15.0 Å². The molecule has 2 N–H and O–H groups in total. The molecule has 1 saturated carbocycles. The molecule has 2 atom stereocenters. The first-order valence-corrected chi connectivity index (χ1v) is 9.90. The molecule has 0 bridgehead atoms. The van der Waals surface area contributed by atoms with Gasteiger partial charge in [0.2, 0.25) is 0 Å². The summed E-state index contributed by atoms with van der Waals surface area (Å²) < 4.78 is 5.60. The number of carbonyl (C=O) groups excluding carboxylic acids is 1. The van der Waals surface area contributed by atoms with E-state index >= 15 is 0 Å². The van der Waals surface area contributed by atoms with Gasteiger partial charge in [-0.1, -0.05) is 18.2 Å². The predicted octanol–water partition coefficient (Wildman–Crippen LogP) is 1.60.